The van der Waals surface area contributed by atoms with Crippen molar-refractivity contribution in [2.75, 3.05) is 20.2 Å². The van der Waals surface area contributed by atoms with Crippen molar-refractivity contribution in [2.24, 2.45) is 0 Å². The minimum absolute atomic E-state index is 0.00261. The van der Waals surface area contributed by atoms with E-state index in [1.54, 1.807) is 44.0 Å². The van der Waals surface area contributed by atoms with Crippen molar-refractivity contribution in [2.45, 2.75) is 18.8 Å². The van der Waals surface area contributed by atoms with Gasteiger partial charge < -0.3 is 14.4 Å². The van der Waals surface area contributed by atoms with E-state index < -0.39 is 0 Å². The van der Waals surface area contributed by atoms with Gasteiger partial charge in [-0.25, -0.2) is 4.98 Å². The number of hydrogen-bond donors (Lipinski definition) is 0. The zero-order valence-corrected chi connectivity index (χ0v) is 16.2. The molecule has 29 heavy (non-hydrogen) atoms. The molecule has 1 saturated heterocycles. The van der Waals surface area contributed by atoms with Crippen LogP contribution in [-0.4, -0.2) is 46.0 Å². The van der Waals surface area contributed by atoms with Gasteiger partial charge in [0.25, 0.3) is 5.91 Å². The van der Waals surface area contributed by atoms with E-state index in [4.69, 9.17) is 9.47 Å². The van der Waals surface area contributed by atoms with Crippen LogP contribution in [-0.2, 0) is 0 Å². The van der Waals surface area contributed by atoms with Crippen LogP contribution in [0.2, 0.25) is 0 Å². The second-order valence-corrected chi connectivity index (χ2v) is 6.87. The van der Waals surface area contributed by atoms with Crippen molar-refractivity contribution in [3.63, 3.8) is 0 Å². The van der Waals surface area contributed by atoms with E-state index in [1.807, 2.05) is 29.2 Å². The summed E-state index contributed by atoms with van der Waals surface area (Å²) in [4.78, 5) is 27.6. The number of piperidine rings is 1. The normalized spacial score (nSPS) is 16.3. The number of ether oxygens (including phenoxy) is 2. The summed E-state index contributed by atoms with van der Waals surface area (Å²) in [5.74, 6) is 1.72. The standard InChI is InChI=1S/C22H22N4O3/c1-28-19-8-2-3-9-20(19)29-21-14-24-13-18(25-21)17-7-5-11-26(15-17)22(27)16-6-4-10-23-12-16/h2-4,6,8-10,12-14,17H,5,7,11,15H2,1H3. The molecule has 1 atom stereocenters. The van der Waals surface area contributed by atoms with Crippen LogP contribution in [0.3, 0.4) is 0 Å². The van der Waals surface area contributed by atoms with Crippen molar-refractivity contribution < 1.29 is 14.3 Å². The SMILES string of the molecule is COc1ccccc1Oc1cncc(C2CCCN(C(=O)c3cccnc3)C2)n1. The third-order valence-electron chi connectivity index (χ3n) is 4.95. The van der Waals surface area contributed by atoms with E-state index in [9.17, 15) is 4.79 Å². The summed E-state index contributed by atoms with van der Waals surface area (Å²) in [6.45, 7) is 1.33. The molecule has 7 nitrogen and oxygen atoms in total. The molecule has 1 fully saturated rings. The Morgan fingerprint density at radius 3 is 2.72 bits per heavy atom. The van der Waals surface area contributed by atoms with Crippen LogP contribution < -0.4 is 9.47 Å². The van der Waals surface area contributed by atoms with Gasteiger partial charge in [-0.15, -0.1) is 0 Å². The molecule has 4 rings (SSSR count). The fourth-order valence-electron chi connectivity index (χ4n) is 3.50. The first kappa shape index (κ1) is 18.9. The predicted molar refractivity (Wildman–Crippen MR) is 107 cm³/mol. The molecule has 0 spiro atoms. The van der Waals surface area contributed by atoms with E-state index in [0.29, 0.717) is 29.5 Å². The van der Waals surface area contributed by atoms with Crippen molar-refractivity contribution in [3.05, 3.63) is 72.4 Å². The van der Waals surface area contributed by atoms with E-state index in [1.165, 1.54) is 0 Å². The van der Waals surface area contributed by atoms with E-state index in [-0.39, 0.29) is 11.8 Å². The molecule has 2 aromatic heterocycles. The number of methoxy groups -OCH3 is 1. The third kappa shape index (κ3) is 4.34. The minimum Gasteiger partial charge on any atom is -0.493 e. The first-order valence-corrected chi connectivity index (χ1v) is 9.56. The Morgan fingerprint density at radius 2 is 1.93 bits per heavy atom. The molecular weight excluding hydrogens is 368 g/mol. The first-order valence-electron chi connectivity index (χ1n) is 9.56. The van der Waals surface area contributed by atoms with Gasteiger partial charge in [-0.3, -0.25) is 14.8 Å². The molecule has 1 aromatic carbocycles. The summed E-state index contributed by atoms with van der Waals surface area (Å²) in [5.41, 5.74) is 1.42. The molecule has 0 bridgehead atoms. The number of benzene rings is 1. The van der Waals surface area contributed by atoms with Gasteiger partial charge in [0.2, 0.25) is 5.88 Å². The van der Waals surface area contributed by atoms with Crippen LogP contribution in [0, 0.1) is 0 Å². The molecule has 1 unspecified atom stereocenters. The van der Waals surface area contributed by atoms with Crippen LogP contribution in [0.5, 0.6) is 17.4 Å². The highest BCUT2D eigenvalue weighted by Gasteiger charge is 2.27. The molecule has 148 valence electrons. The number of carbonyl (C=O) groups is 1. The van der Waals surface area contributed by atoms with Gasteiger partial charge in [0.15, 0.2) is 11.5 Å². The molecule has 1 amide bonds. The van der Waals surface area contributed by atoms with Gasteiger partial charge >= 0.3 is 0 Å². The molecule has 0 N–H and O–H groups in total. The van der Waals surface area contributed by atoms with Crippen molar-refractivity contribution in [3.8, 4) is 17.4 Å². The number of rotatable bonds is 5. The maximum absolute atomic E-state index is 12.8. The summed E-state index contributed by atoms with van der Waals surface area (Å²) >= 11 is 0. The van der Waals surface area contributed by atoms with Crippen LogP contribution in [0.4, 0.5) is 0 Å². The second kappa shape index (κ2) is 8.68. The average molecular weight is 390 g/mol. The van der Waals surface area contributed by atoms with E-state index >= 15 is 0 Å². The molecule has 1 aliphatic heterocycles. The molecule has 3 aromatic rings. The predicted octanol–water partition coefficient (Wildman–Crippen LogP) is 3.69. The lowest BCUT2D eigenvalue weighted by molar-refractivity contribution is 0.0705. The number of hydrogen-bond acceptors (Lipinski definition) is 6. The van der Waals surface area contributed by atoms with Gasteiger partial charge in [0.05, 0.1) is 24.6 Å². The second-order valence-electron chi connectivity index (χ2n) is 6.87. The quantitative estimate of drug-likeness (QED) is 0.661. The maximum atomic E-state index is 12.8. The lowest BCUT2D eigenvalue weighted by atomic mass is 9.94. The fourth-order valence-corrected chi connectivity index (χ4v) is 3.50. The lowest BCUT2D eigenvalue weighted by Crippen LogP contribution is -2.39. The van der Waals surface area contributed by atoms with Crippen LogP contribution in [0.25, 0.3) is 0 Å². The van der Waals surface area contributed by atoms with Crippen LogP contribution >= 0.6 is 0 Å². The monoisotopic (exact) mass is 390 g/mol. The minimum atomic E-state index is -0.00261. The summed E-state index contributed by atoms with van der Waals surface area (Å²) < 4.78 is 11.2. The van der Waals surface area contributed by atoms with Crippen molar-refractivity contribution in [1.82, 2.24) is 19.9 Å². The van der Waals surface area contributed by atoms with Crippen LogP contribution in [0.1, 0.15) is 34.8 Å². The Hall–Kier alpha value is -3.48. The zero-order valence-electron chi connectivity index (χ0n) is 16.2. The van der Waals surface area contributed by atoms with Gasteiger partial charge in [-0.05, 0) is 37.1 Å². The average Bonchev–Trinajstić information content (AvgIpc) is 2.80. The van der Waals surface area contributed by atoms with Gasteiger partial charge in [-0.1, -0.05) is 12.1 Å². The number of amides is 1. The Kier molecular flexibility index (Phi) is 5.65. The lowest BCUT2D eigenvalue weighted by Gasteiger charge is -2.32. The summed E-state index contributed by atoms with van der Waals surface area (Å²) in [7, 11) is 1.60. The fraction of sp³-hybridized carbons (Fsp3) is 0.273. The number of para-hydroxylation sites is 2. The van der Waals surface area contributed by atoms with Gasteiger partial charge in [0.1, 0.15) is 0 Å². The van der Waals surface area contributed by atoms with Gasteiger partial charge in [0, 0.05) is 37.6 Å². The molecule has 3 heterocycles. The Labute approximate surface area is 169 Å². The third-order valence-corrected chi connectivity index (χ3v) is 4.95. The molecule has 0 aliphatic carbocycles. The molecule has 0 saturated carbocycles. The summed E-state index contributed by atoms with van der Waals surface area (Å²) in [5, 5.41) is 0. The Morgan fingerprint density at radius 1 is 1.07 bits per heavy atom. The van der Waals surface area contributed by atoms with Crippen molar-refractivity contribution >= 4 is 5.91 Å². The largest absolute Gasteiger partial charge is 0.493 e. The number of carbonyl (C=O) groups excluding carboxylic acids is 1. The van der Waals surface area contributed by atoms with E-state index in [0.717, 1.165) is 25.1 Å². The molecule has 1 aliphatic rings. The smallest absolute Gasteiger partial charge is 0.255 e. The molecular formula is C22H22N4O3. The molecule has 0 radical (unpaired) electrons. The Balaban J connectivity index is 1.50. The highest BCUT2D eigenvalue weighted by molar-refractivity contribution is 5.94. The zero-order chi connectivity index (χ0) is 20.1. The number of pyridine rings is 1. The summed E-state index contributed by atoms with van der Waals surface area (Å²) in [6.07, 6.45) is 8.46. The van der Waals surface area contributed by atoms with Crippen molar-refractivity contribution in [1.29, 1.82) is 0 Å². The van der Waals surface area contributed by atoms with Gasteiger partial charge in [-0.2, -0.15) is 0 Å². The highest BCUT2D eigenvalue weighted by Crippen LogP contribution is 2.31. The highest BCUT2D eigenvalue weighted by atomic mass is 16.5. The number of likely N-dealkylation sites (tertiary alicyclic amines) is 1. The maximum Gasteiger partial charge on any atom is 0.255 e. The first-order chi connectivity index (χ1) is 14.2. The number of nitrogens with zero attached hydrogens (tertiary/aromatic N) is 4. The topological polar surface area (TPSA) is 77.4 Å². The van der Waals surface area contributed by atoms with Crippen LogP contribution in [0.15, 0.2) is 61.2 Å². The Bertz CT molecular complexity index is 981. The molecule has 7 heteroatoms. The number of aromatic nitrogens is 3. The van der Waals surface area contributed by atoms with E-state index in [2.05, 4.69) is 15.0 Å². The summed E-state index contributed by atoms with van der Waals surface area (Å²) in [6, 6.07) is 11.0.